The molecule has 84 valence electrons. The van der Waals surface area contributed by atoms with Crippen LogP contribution in [-0.4, -0.2) is 21.2 Å². The monoisotopic (exact) mass is 208 g/mol. The first-order valence-electron chi connectivity index (χ1n) is 5.42. The summed E-state index contributed by atoms with van der Waals surface area (Å²) in [5.74, 6) is 1.24. The van der Waals surface area contributed by atoms with E-state index in [2.05, 4.69) is 23.8 Å². The van der Waals surface area contributed by atoms with Crippen LogP contribution in [0.1, 0.15) is 43.9 Å². The lowest BCUT2D eigenvalue weighted by molar-refractivity contribution is 0.138. The van der Waals surface area contributed by atoms with E-state index in [0.29, 0.717) is 5.92 Å². The lowest BCUT2D eigenvalue weighted by Crippen LogP contribution is -2.22. The van der Waals surface area contributed by atoms with Gasteiger partial charge in [0, 0.05) is 11.6 Å². The Bertz CT molecular complexity index is 306. The van der Waals surface area contributed by atoms with Gasteiger partial charge < -0.3 is 5.11 Å². The number of aromatic nitrogens is 2. The molecule has 2 atom stereocenters. The molecule has 0 aliphatic carbocycles. The summed E-state index contributed by atoms with van der Waals surface area (Å²) in [6, 6.07) is 1.96. The quantitative estimate of drug-likeness (QED) is 0.828. The number of nitrogens with zero attached hydrogens (tertiary/aromatic N) is 2. The van der Waals surface area contributed by atoms with E-state index in [1.54, 1.807) is 0 Å². The molecule has 1 aromatic heterocycles. The molecule has 0 radical (unpaired) electrons. The molecule has 0 saturated carbocycles. The normalized spacial score (nSPS) is 15.4. The Labute approximate surface area is 91.6 Å². The number of hydrogen-bond donors (Lipinski definition) is 1. The second-order valence-electron chi connectivity index (χ2n) is 4.49. The third-order valence-electron chi connectivity index (χ3n) is 2.57. The van der Waals surface area contributed by atoms with E-state index in [0.717, 1.165) is 17.2 Å². The molecule has 0 bridgehead atoms. The first kappa shape index (κ1) is 12.1. The van der Waals surface area contributed by atoms with E-state index >= 15 is 0 Å². The molecule has 15 heavy (non-hydrogen) atoms. The maximum absolute atomic E-state index is 9.76. The van der Waals surface area contributed by atoms with Gasteiger partial charge in [-0.05, 0) is 32.8 Å². The molecule has 0 aromatic carbocycles. The first-order chi connectivity index (χ1) is 6.91. The molecule has 1 aromatic rings. The second kappa shape index (κ2) is 4.71. The molecule has 0 aliphatic heterocycles. The zero-order chi connectivity index (χ0) is 11.6. The summed E-state index contributed by atoms with van der Waals surface area (Å²) in [6.07, 6.45) is -0.376. The van der Waals surface area contributed by atoms with E-state index < -0.39 is 0 Å². The number of aliphatic hydroxyl groups excluding tert-OH is 1. The minimum absolute atomic E-state index is 0.0883. The van der Waals surface area contributed by atoms with Crippen molar-refractivity contribution in [3.8, 4) is 0 Å². The van der Waals surface area contributed by atoms with Gasteiger partial charge >= 0.3 is 0 Å². The van der Waals surface area contributed by atoms with Gasteiger partial charge in [-0.3, -0.25) is 0 Å². The van der Waals surface area contributed by atoms with E-state index in [-0.39, 0.29) is 12.0 Å². The molecule has 0 spiro atoms. The maximum atomic E-state index is 9.76. The van der Waals surface area contributed by atoms with Crippen LogP contribution in [0, 0.1) is 19.8 Å². The Morgan fingerprint density at radius 3 is 2.13 bits per heavy atom. The molecule has 0 saturated heterocycles. The Balaban J connectivity index is 3.11. The van der Waals surface area contributed by atoms with Crippen molar-refractivity contribution in [2.24, 2.45) is 5.92 Å². The van der Waals surface area contributed by atoms with Gasteiger partial charge in [0.1, 0.15) is 5.82 Å². The number of aryl methyl sites for hydroxylation is 2. The van der Waals surface area contributed by atoms with Crippen LogP contribution in [0.3, 0.4) is 0 Å². The van der Waals surface area contributed by atoms with Crippen LogP contribution in [0.4, 0.5) is 0 Å². The van der Waals surface area contributed by atoms with E-state index in [9.17, 15) is 5.11 Å². The molecule has 3 heteroatoms. The Kier molecular flexibility index (Phi) is 3.80. The predicted octanol–water partition coefficient (Wildman–Crippen LogP) is 2.21. The summed E-state index contributed by atoms with van der Waals surface area (Å²) >= 11 is 0. The fourth-order valence-electron chi connectivity index (χ4n) is 2.06. The number of rotatable bonds is 3. The zero-order valence-corrected chi connectivity index (χ0v) is 10.2. The highest BCUT2D eigenvalue weighted by atomic mass is 16.3. The van der Waals surface area contributed by atoms with Crippen molar-refractivity contribution in [3.63, 3.8) is 0 Å². The largest absolute Gasteiger partial charge is 0.393 e. The van der Waals surface area contributed by atoms with Crippen molar-refractivity contribution >= 4 is 0 Å². The molecular formula is C12H20N2O. The van der Waals surface area contributed by atoms with Crippen molar-refractivity contribution in [1.29, 1.82) is 0 Å². The molecule has 1 N–H and O–H groups in total. The third kappa shape index (κ3) is 2.99. The van der Waals surface area contributed by atoms with Gasteiger partial charge in [-0.15, -0.1) is 0 Å². The van der Waals surface area contributed by atoms with Crippen LogP contribution < -0.4 is 0 Å². The summed E-state index contributed by atoms with van der Waals surface area (Å²) in [7, 11) is 0. The smallest absolute Gasteiger partial charge is 0.125 e. The molecule has 0 aliphatic rings. The Morgan fingerprint density at radius 1 is 1.13 bits per heavy atom. The summed E-state index contributed by atoms with van der Waals surface area (Å²) in [4.78, 5) is 8.65. The summed E-state index contributed by atoms with van der Waals surface area (Å²) in [6.45, 7) is 9.86. The second-order valence-corrected chi connectivity index (χ2v) is 4.49. The predicted molar refractivity (Wildman–Crippen MR) is 60.8 cm³/mol. The van der Waals surface area contributed by atoms with Gasteiger partial charge in [0.05, 0.1) is 11.8 Å². The molecule has 0 fully saturated rings. The lowest BCUT2D eigenvalue weighted by atomic mass is 9.87. The summed E-state index contributed by atoms with van der Waals surface area (Å²) in [5, 5.41) is 9.76. The fraction of sp³-hybridized carbons (Fsp3) is 0.667. The van der Waals surface area contributed by atoms with E-state index in [1.807, 2.05) is 26.8 Å². The van der Waals surface area contributed by atoms with Crippen molar-refractivity contribution < 1.29 is 5.11 Å². The van der Waals surface area contributed by atoms with Crippen LogP contribution >= 0.6 is 0 Å². The first-order valence-corrected chi connectivity index (χ1v) is 5.42. The molecule has 3 nitrogen and oxygen atoms in total. The number of hydrogen-bond acceptors (Lipinski definition) is 3. The zero-order valence-electron chi connectivity index (χ0n) is 10.2. The summed E-state index contributed by atoms with van der Waals surface area (Å²) < 4.78 is 0. The lowest BCUT2D eigenvalue weighted by Gasteiger charge is -2.23. The average molecular weight is 208 g/mol. The van der Waals surface area contributed by atoms with Crippen molar-refractivity contribution in [2.45, 2.75) is 46.6 Å². The SMILES string of the molecule is Cc1cc(C(C(C)C)C(C)O)nc(C)n1. The Hall–Kier alpha value is -0.960. The van der Waals surface area contributed by atoms with Gasteiger partial charge in [-0.25, -0.2) is 9.97 Å². The standard InChI is InChI=1S/C12H20N2O/c1-7(2)12(9(4)15)11-6-8(3)13-10(5)14-11/h6-7,9,12,15H,1-5H3. The Morgan fingerprint density at radius 2 is 1.73 bits per heavy atom. The molecule has 0 amide bonds. The third-order valence-corrected chi connectivity index (χ3v) is 2.57. The summed E-state index contributed by atoms with van der Waals surface area (Å²) in [5.41, 5.74) is 1.91. The molecular weight excluding hydrogens is 188 g/mol. The fourth-order valence-corrected chi connectivity index (χ4v) is 2.06. The number of aliphatic hydroxyl groups is 1. The van der Waals surface area contributed by atoms with Crippen LogP contribution in [0.25, 0.3) is 0 Å². The van der Waals surface area contributed by atoms with Gasteiger partial charge in [0.15, 0.2) is 0 Å². The highest BCUT2D eigenvalue weighted by Crippen LogP contribution is 2.26. The van der Waals surface area contributed by atoms with Gasteiger partial charge in [-0.2, -0.15) is 0 Å². The van der Waals surface area contributed by atoms with Crippen LogP contribution in [-0.2, 0) is 0 Å². The topological polar surface area (TPSA) is 46.0 Å². The van der Waals surface area contributed by atoms with Crippen LogP contribution in [0.15, 0.2) is 6.07 Å². The highest BCUT2D eigenvalue weighted by molar-refractivity contribution is 5.15. The van der Waals surface area contributed by atoms with Crippen LogP contribution in [0.2, 0.25) is 0 Å². The van der Waals surface area contributed by atoms with E-state index in [1.165, 1.54) is 0 Å². The van der Waals surface area contributed by atoms with Gasteiger partial charge in [0.2, 0.25) is 0 Å². The van der Waals surface area contributed by atoms with Crippen LogP contribution in [0.5, 0.6) is 0 Å². The van der Waals surface area contributed by atoms with Gasteiger partial charge in [-0.1, -0.05) is 13.8 Å². The molecule has 2 unspecified atom stereocenters. The van der Waals surface area contributed by atoms with Crippen molar-refractivity contribution in [1.82, 2.24) is 9.97 Å². The minimum atomic E-state index is -0.376. The minimum Gasteiger partial charge on any atom is -0.393 e. The van der Waals surface area contributed by atoms with E-state index in [4.69, 9.17) is 0 Å². The van der Waals surface area contributed by atoms with Gasteiger partial charge in [0.25, 0.3) is 0 Å². The highest BCUT2D eigenvalue weighted by Gasteiger charge is 2.22. The molecule has 1 rings (SSSR count). The average Bonchev–Trinajstić information content (AvgIpc) is 1.99. The van der Waals surface area contributed by atoms with Crippen molar-refractivity contribution in [3.05, 3.63) is 23.3 Å². The molecule has 1 heterocycles. The maximum Gasteiger partial charge on any atom is 0.125 e. The van der Waals surface area contributed by atoms with Crippen molar-refractivity contribution in [2.75, 3.05) is 0 Å².